The molecule has 0 aliphatic carbocycles. The van der Waals surface area contributed by atoms with Gasteiger partial charge in [0.15, 0.2) is 0 Å². The maximum atomic E-state index is 6.25. The maximum absolute atomic E-state index is 6.25. The fourth-order valence-electron chi connectivity index (χ4n) is 1.64. The van der Waals surface area contributed by atoms with E-state index in [0.29, 0.717) is 24.0 Å². The number of hydrogen-bond donors (Lipinski definition) is 1. The van der Waals surface area contributed by atoms with Gasteiger partial charge in [-0.15, -0.1) is 0 Å². The minimum atomic E-state index is -0.143. The van der Waals surface area contributed by atoms with Gasteiger partial charge in [0.1, 0.15) is 12.4 Å². The van der Waals surface area contributed by atoms with Crippen molar-refractivity contribution in [3.8, 4) is 5.75 Å². The zero-order valence-corrected chi connectivity index (χ0v) is 14.8. The maximum Gasteiger partial charge on any atom is 0.138 e. The SMILES string of the molecule is CC(C)(C)NCc1ccc(OCCOC(C)(C)C)c(Cl)c1. The third-order valence-corrected chi connectivity index (χ3v) is 2.99. The third kappa shape index (κ3) is 8.30. The molecule has 0 spiro atoms. The molecule has 0 bridgehead atoms. The van der Waals surface area contributed by atoms with Gasteiger partial charge in [-0.2, -0.15) is 0 Å². The molecule has 21 heavy (non-hydrogen) atoms. The Morgan fingerprint density at radius 3 is 2.24 bits per heavy atom. The molecule has 1 N–H and O–H groups in total. The second kappa shape index (κ2) is 7.48. The molecule has 0 fully saturated rings. The highest BCUT2D eigenvalue weighted by Crippen LogP contribution is 2.25. The van der Waals surface area contributed by atoms with Crippen LogP contribution in [0.1, 0.15) is 47.1 Å². The van der Waals surface area contributed by atoms with Gasteiger partial charge in [0.05, 0.1) is 17.2 Å². The molecule has 0 aliphatic heterocycles. The highest BCUT2D eigenvalue weighted by molar-refractivity contribution is 6.32. The number of nitrogens with one attached hydrogen (secondary N) is 1. The topological polar surface area (TPSA) is 30.5 Å². The highest BCUT2D eigenvalue weighted by Gasteiger charge is 2.11. The monoisotopic (exact) mass is 313 g/mol. The van der Waals surface area contributed by atoms with Gasteiger partial charge in [-0.25, -0.2) is 0 Å². The van der Waals surface area contributed by atoms with Crippen LogP contribution in [-0.2, 0) is 11.3 Å². The van der Waals surface area contributed by atoms with Gasteiger partial charge in [0.25, 0.3) is 0 Å². The molecule has 4 heteroatoms. The van der Waals surface area contributed by atoms with Gasteiger partial charge in [-0.3, -0.25) is 0 Å². The van der Waals surface area contributed by atoms with Crippen LogP contribution in [0.5, 0.6) is 5.75 Å². The first-order valence-corrected chi connectivity index (χ1v) is 7.75. The summed E-state index contributed by atoms with van der Waals surface area (Å²) >= 11 is 6.25. The van der Waals surface area contributed by atoms with Gasteiger partial charge in [0, 0.05) is 12.1 Å². The summed E-state index contributed by atoms with van der Waals surface area (Å²) in [6.45, 7) is 14.3. The molecule has 3 nitrogen and oxygen atoms in total. The van der Waals surface area contributed by atoms with Crippen molar-refractivity contribution in [2.75, 3.05) is 13.2 Å². The summed E-state index contributed by atoms with van der Waals surface area (Å²) in [6.07, 6.45) is 0. The van der Waals surface area contributed by atoms with Crippen LogP contribution in [0.4, 0.5) is 0 Å². The van der Waals surface area contributed by atoms with Gasteiger partial charge in [-0.1, -0.05) is 17.7 Å². The van der Waals surface area contributed by atoms with E-state index in [1.54, 1.807) is 0 Å². The third-order valence-electron chi connectivity index (χ3n) is 2.70. The number of ether oxygens (including phenoxy) is 2. The van der Waals surface area contributed by atoms with Crippen LogP contribution in [0.2, 0.25) is 5.02 Å². The summed E-state index contributed by atoms with van der Waals surface area (Å²) in [6, 6.07) is 5.89. The van der Waals surface area contributed by atoms with Crippen molar-refractivity contribution < 1.29 is 9.47 Å². The summed E-state index contributed by atoms with van der Waals surface area (Å²) in [5, 5.41) is 4.07. The smallest absolute Gasteiger partial charge is 0.138 e. The van der Waals surface area contributed by atoms with Crippen LogP contribution < -0.4 is 10.1 Å². The molecule has 0 saturated carbocycles. The number of benzene rings is 1. The summed E-state index contributed by atoms with van der Waals surface area (Å²) in [7, 11) is 0. The molecule has 0 radical (unpaired) electrons. The van der Waals surface area contributed by atoms with Crippen molar-refractivity contribution in [2.24, 2.45) is 0 Å². The normalized spacial score (nSPS) is 12.5. The standard InChI is InChI=1S/C17H28ClNO2/c1-16(2,3)19-12-13-7-8-15(14(18)11-13)20-9-10-21-17(4,5)6/h7-8,11,19H,9-10,12H2,1-6H3. The van der Waals surface area contributed by atoms with Gasteiger partial charge in [0.2, 0.25) is 0 Å². The first-order valence-electron chi connectivity index (χ1n) is 7.37. The first kappa shape index (κ1) is 18.3. The summed E-state index contributed by atoms with van der Waals surface area (Å²) in [4.78, 5) is 0. The minimum Gasteiger partial charge on any atom is -0.490 e. The van der Waals surface area contributed by atoms with E-state index in [-0.39, 0.29) is 11.1 Å². The zero-order chi connectivity index (χ0) is 16.1. The van der Waals surface area contributed by atoms with Gasteiger partial charge >= 0.3 is 0 Å². The van der Waals surface area contributed by atoms with Crippen molar-refractivity contribution in [3.05, 3.63) is 28.8 Å². The quantitative estimate of drug-likeness (QED) is 0.788. The van der Waals surface area contributed by atoms with E-state index in [4.69, 9.17) is 21.1 Å². The van der Waals surface area contributed by atoms with E-state index in [1.807, 2.05) is 39.0 Å². The molecule has 0 atom stereocenters. The average Bonchev–Trinajstić information content (AvgIpc) is 2.32. The zero-order valence-electron chi connectivity index (χ0n) is 14.0. The fourth-order valence-corrected chi connectivity index (χ4v) is 1.90. The predicted octanol–water partition coefficient (Wildman–Crippen LogP) is 4.42. The van der Waals surface area contributed by atoms with Crippen molar-refractivity contribution in [1.29, 1.82) is 0 Å². The molecular formula is C17H28ClNO2. The van der Waals surface area contributed by atoms with E-state index < -0.39 is 0 Å². The van der Waals surface area contributed by atoms with Crippen LogP contribution >= 0.6 is 11.6 Å². The molecule has 0 saturated heterocycles. The van der Waals surface area contributed by atoms with Gasteiger partial charge in [-0.05, 0) is 59.2 Å². The Kier molecular flexibility index (Phi) is 6.51. The fraction of sp³-hybridized carbons (Fsp3) is 0.647. The van der Waals surface area contributed by atoms with Crippen LogP contribution in [0.3, 0.4) is 0 Å². The highest BCUT2D eigenvalue weighted by atomic mass is 35.5. The van der Waals surface area contributed by atoms with E-state index in [9.17, 15) is 0 Å². The van der Waals surface area contributed by atoms with E-state index in [1.165, 1.54) is 0 Å². The Morgan fingerprint density at radius 1 is 1.05 bits per heavy atom. The molecule has 0 aliphatic rings. The summed E-state index contributed by atoms with van der Waals surface area (Å²) in [5.74, 6) is 0.702. The Labute approximate surface area is 134 Å². The minimum absolute atomic E-state index is 0.0892. The molecule has 1 aromatic rings. The molecule has 0 unspecified atom stereocenters. The van der Waals surface area contributed by atoms with Crippen LogP contribution in [-0.4, -0.2) is 24.4 Å². The molecule has 0 aromatic heterocycles. The number of halogens is 1. The van der Waals surface area contributed by atoms with E-state index >= 15 is 0 Å². The predicted molar refractivity (Wildman–Crippen MR) is 89.2 cm³/mol. The second-order valence-electron chi connectivity index (χ2n) is 7.18. The Morgan fingerprint density at radius 2 is 1.71 bits per heavy atom. The Bertz CT molecular complexity index is 447. The lowest BCUT2D eigenvalue weighted by molar-refractivity contribution is -0.0162. The summed E-state index contributed by atoms with van der Waals surface area (Å²) < 4.78 is 11.3. The lowest BCUT2D eigenvalue weighted by atomic mass is 10.1. The number of rotatable bonds is 6. The summed E-state index contributed by atoms with van der Waals surface area (Å²) in [5.41, 5.74) is 1.09. The lowest BCUT2D eigenvalue weighted by Crippen LogP contribution is -2.35. The average molecular weight is 314 g/mol. The first-order chi connectivity index (χ1) is 9.57. The molecule has 0 amide bonds. The Hall–Kier alpha value is -0.770. The van der Waals surface area contributed by atoms with Crippen LogP contribution in [0.15, 0.2) is 18.2 Å². The molecule has 120 valence electrons. The molecule has 1 aromatic carbocycles. The van der Waals surface area contributed by atoms with Gasteiger partial charge < -0.3 is 14.8 Å². The largest absolute Gasteiger partial charge is 0.490 e. The van der Waals surface area contributed by atoms with Crippen molar-refractivity contribution in [1.82, 2.24) is 5.32 Å². The lowest BCUT2D eigenvalue weighted by Gasteiger charge is -2.21. The molecular weight excluding hydrogens is 286 g/mol. The molecule has 1 rings (SSSR count). The van der Waals surface area contributed by atoms with Crippen molar-refractivity contribution in [3.63, 3.8) is 0 Å². The second-order valence-corrected chi connectivity index (χ2v) is 7.58. The molecule has 0 heterocycles. The van der Waals surface area contributed by atoms with Crippen molar-refractivity contribution in [2.45, 2.75) is 59.2 Å². The van der Waals surface area contributed by atoms with Crippen LogP contribution in [0, 0.1) is 0 Å². The Balaban J connectivity index is 2.47. The number of hydrogen-bond acceptors (Lipinski definition) is 3. The van der Waals surface area contributed by atoms with Crippen molar-refractivity contribution >= 4 is 11.6 Å². The van der Waals surface area contributed by atoms with E-state index in [2.05, 4.69) is 26.1 Å². The van der Waals surface area contributed by atoms with Crippen LogP contribution in [0.25, 0.3) is 0 Å². The van der Waals surface area contributed by atoms with E-state index in [0.717, 1.165) is 12.1 Å².